The number of nitrogens with zero attached hydrogens (tertiary/aromatic N) is 4. The lowest BCUT2D eigenvalue weighted by Gasteiger charge is -2.28. The van der Waals surface area contributed by atoms with Gasteiger partial charge in [-0.25, -0.2) is 0 Å². The lowest BCUT2D eigenvalue weighted by molar-refractivity contribution is -0.129. The third-order valence-electron chi connectivity index (χ3n) is 7.12. The van der Waals surface area contributed by atoms with Gasteiger partial charge >= 0.3 is 0 Å². The molecule has 2 heterocycles. The number of H-pyrrole nitrogens is 1. The van der Waals surface area contributed by atoms with Crippen LogP contribution in [0.3, 0.4) is 0 Å². The Kier molecular flexibility index (Phi) is 7.91. The fourth-order valence-electron chi connectivity index (χ4n) is 5.36. The first-order chi connectivity index (χ1) is 19.7. The van der Waals surface area contributed by atoms with E-state index in [2.05, 4.69) is 31.3 Å². The van der Waals surface area contributed by atoms with Crippen LogP contribution in [0.5, 0.6) is 0 Å². The number of amides is 3. The molecule has 10 heteroatoms. The lowest BCUT2D eigenvalue weighted by Crippen LogP contribution is -2.51. The number of aromatic nitrogens is 4. The molecule has 3 N–H and O–H groups in total. The van der Waals surface area contributed by atoms with Gasteiger partial charge in [-0.2, -0.15) is 5.21 Å². The Morgan fingerprint density at radius 2 is 1.71 bits per heavy atom. The number of carbonyl (C=O) groups excluding carboxylic acids is 3. The van der Waals surface area contributed by atoms with E-state index in [9.17, 15) is 14.4 Å². The second-order valence-corrected chi connectivity index (χ2v) is 10.9. The largest absolute Gasteiger partial charge is 0.351 e. The molecule has 5 rings (SSSR count). The first kappa shape index (κ1) is 27.7. The maximum Gasteiger partial charge on any atom is 0.249 e. The summed E-state index contributed by atoms with van der Waals surface area (Å²) in [7, 11) is 0. The van der Waals surface area contributed by atoms with Gasteiger partial charge in [0.1, 0.15) is 6.04 Å². The molecule has 1 aliphatic rings. The number of tetrazole rings is 1. The molecule has 3 amide bonds. The van der Waals surface area contributed by atoms with E-state index in [1.165, 1.54) is 6.92 Å². The van der Waals surface area contributed by atoms with E-state index in [1.54, 1.807) is 18.7 Å². The molecule has 210 valence electrons. The van der Waals surface area contributed by atoms with Crippen LogP contribution in [0.15, 0.2) is 72.8 Å². The van der Waals surface area contributed by atoms with Gasteiger partial charge in [0.15, 0.2) is 0 Å². The number of hydrogen-bond donors (Lipinski definition) is 3. The molecule has 0 fully saturated rings. The molecule has 0 bridgehead atoms. The van der Waals surface area contributed by atoms with Crippen LogP contribution in [0.4, 0.5) is 5.69 Å². The van der Waals surface area contributed by atoms with Crippen LogP contribution < -0.4 is 15.5 Å². The second kappa shape index (κ2) is 11.7. The maximum absolute atomic E-state index is 13.9. The van der Waals surface area contributed by atoms with Gasteiger partial charge in [-0.1, -0.05) is 66.7 Å². The summed E-state index contributed by atoms with van der Waals surface area (Å²) < 4.78 is 0. The van der Waals surface area contributed by atoms with Gasteiger partial charge in [0.25, 0.3) is 0 Å². The number of carbonyl (C=O) groups is 3. The van der Waals surface area contributed by atoms with Gasteiger partial charge in [-0.15, -0.1) is 10.2 Å². The van der Waals surface area contributed by atoms with E-state index in [0.717, 1.165) is 33.5 Å². The molecule has 1 atom stereocenters. The molecular formula is C31H33N7O3. The summed E-state index contributed by atoms with van der Waals surface area (Å²) in [5, 5.41) is 20.2. The molecule has 0 unspecified atom stereocenters. The average molecular weight is 552 g/mol. The number of para-hydroxylation sites is 1. The number of nitrogens with one attached hydrogen (secondary N) is 3. The molecule has 0 saturated carbocycles. The number of fused-ring (bicyclic) bond motifs is 1. The van der Waals surface area contributed by atoms with Crippen molar-refractivity contribution in [1.82, 2.24) is 31.3 Å². The van der Waals surface area contributed by atoms with Gasteiger partial charge in [0.2, 0.25) is 23.5 Å². The quantitative estimate of drug-likeness (QED) is 0.305. The van der Waals surface area contributed by atoms with Gasteiger partial charge in [0.05, 0.1) is 6.54 Å². The Morgan fingerprint density at radius 1 is 1.00 bits per heavy atom. The van der Waals surface area contributed by atoms with E-state index >= 15 is 0 Å². The molecule has 0 spiro atoms. The van der Waals surface area contributed by atoms with Crippen molar-refractivity contribution in [3.8, 4) is 22.5 Å². The van der Waals surface area contributed by atoms with Crippen molar-refractivity contribution in [3.63, 3.8) is 0 Å². The van der Waals surface area contributed by atoms with E-state index in [1.807, 2.05) is 72.8 Å². The minimum Gasteiger partial charge on any atom is -0.351 e. The zero-order valence-corrected chi connectivity index (χ0v) is 23.3. The van der Waals surface area contributed by atoms with E-state index in [-0.39, 0.29) is 24.1 Å². The van der Waals surface area contributed by atoms with Crippen molar-refractivity contribution in [2.75, 3.05) is 4.90 Å². The highest BCUT2D eigenvalue weighted by Crippen LogP contribution is 2.32. The number of benzene rings is 3. The fourth-order valence-corrected chi connectivity index (χ4v) is 5.36. The summed E-state index contributed by atoms with van der Waals surface area (Å²) in [6, 6.07) is 23.1. The van der Waals surface area contributed by atoms with Gasteiger partial charge in [-0.05, 0) is 60.2 Å². The molecule has 0 radical (unpaired) electrons. The van der Waals surface area contributed by atoms with E-state index in [0.29, 0.717) is 25.2 Å². The Hall–Kier alpha value is -4.86. The number of anilines is 1. The maximum atomic E-state index is 13.9. The van der Waals surface area contributed by atoms with Crippen LogP contribution in [-0.2, 0) is 27.3 Å². The third kappa shape index (κ3) is 6.49. The molecule has 10 nitrogen and oxygen atoms in total. The van der Waals surface area contributed by atoms with Gasteiger partial charge in [0, 0.05) is 30.1 Å². The summed E-state index contributed by atoms with van der Waals surface area (Å²) in [4.78, 5) is 40.1. The molecule has 3 aromatic carbocycles. The number of aromatic amines is 1. The Morgan fingerprint density at radius 3 is 2.41 bits per heavy atom. The van der Waals surface area contributed by atoms with Crippen molar-refractivity contribution in [2.24, 2.45) is 0 Å². The SMILES string of the molecule is CC(=O)NC(C)(C)CC(=O)N[C@@H]1CCc2ccccc2N(Cc2ccc(-c3ccccc3-c3nn[nH]n3)cc2)C1=O. The number of rotatable bonds is 8. The molecule has 0 aliphatic carbocycles. The Labute approximate surface area is 238 Å². The van der Waals surface area contributed by atoms with Crippen molar-refractivity contribution < 1.29 is 14.4 Å². The smallest absolute Gasteiger partial charge is 0.249 e. The first-order valence-electron chi connectivity index (χ1n) is 13.6. The third-order valence-corrected chi connectivity index (χ3v) is 7.12. The predicted octanol–water partition coefficient (Wildman–Crippen LogP) is 3.80. The molecule has 1 aliphatic heterocycles. The Bertz CT molecular complexity index is 1550. The first-order valence-corrected chi connectivity index (χ1v) is 13.6. The highest BCUT2D eigenvalue weighted by molar-refractivity contribution is 6.00. The van der Waals surface area contributed by atoms with Crippen LogP contribution in [0.1, 0.15) is 44.7 Å². The topological polar surface area (TPSA) is 133 Å². The fraction of sp³-hybridized carbons (Fsp3) is 0.290. The zero-order valence-electron chi connectivity index (χ0n) is 23.3. The van der Waals surface area contributed by atoms with Crippen molar-refractivity contribution in [2.45, 2.75) is 58.2 Å². The number of hydrogen-bond acceptors (Lipinski definition) is 6. The summed E-state index contributed by atoms with van der Waals surface area (Å²) in [6.45, 7) is 5.35. The molecule has 0 saturated heterocycles. The normalized spacial score (nSPS) is 15.1. The summed E-state index contributed by atoms with van der Waals surface area (Å²) >= 11 is 0. The van der Waals surface area contributed by atoms with Crippen molar-refractivity contribution in [1.29, 1.82) is 0 Å². The van der Waals surface area contributed by atoms with Crippen molar-refractivity contribution in [3.05, 3.63) is 83.9 Å². The van der Waals surface area contributed by atoms with Crippen LogP contribution in [0, 0.1) is 0 Å². The second-order valence-electron chi connectivity index (χ2n) is 10.9. The molecule has 1 aromatic heterocycles. The minimum atomic E-state index is -0.726. The van der Waals surface area contributed by atoms with Crippen LogP contribution >= 0.6 is 0 Å². The van der Waals surface area contributed by atoms with Crippen LogP contribution in [-0.4, -0.2) is 49.9 Å². The highest BCUT2D eigenvalue weighted by atomic mass is 16.2. The summed E-state index contributed by atoms with van der Waals surface area (Å²) in [6.07, 6.45) is 1.21. The average Bonchev–Trinajstić information content (AvgIpc) is 3.44. The predicted molar refractivity (Wildman–Crippen MR) is 155 cm³/mol. The highest BCUT2D eigenvalue weighted by Gasteiger charge is 2.33. The van der Waals surface area contributed by atoms with E-state index < -0.39 is 11.6 Å². The summed E-state index contributed by atoms with van der Waals surface area (Å²) in [5.41, 5.74) is 4.96. The standard InChI is InChI=1S/C31H33N7O3/c1-20(39)33-31(2,3)18-28(40)32-26-17-16-23-8-4-7-11-27(23)38(30(26)41)19-21-12-14-22(15-13-21)24-9-5-6-10-25(24)29-34-36-37-35-29/h4-15,26H,16-19H2,1-3H3,(H,32,40)(H,33,39)(H,34,35,36,37)/t26-/m1/s1. The van der Waals surface area contributed by atoms with Crippen LogP contribution in [0.2, 0.25) is 0 Å². The minimum absolute atomic E-state index is 0.0656. The van der Waals surface area contributed by atoms with Crippen molar-refractivity contribution >= 4 is 23.4 Å². The molecule has 41 heavy (non-hydrogen) atoms. The molecule has 4 aromatic rings. The number of aryl methyl sites for hydroxylation is 1. The van der Waals surface area contributed by atoms with E-state index in [4.69, 9.17) is 0 Å². The summed E-state index contributed by atoms with van der Waals surface area (Å²) in [5.74, 6) is -0.130. The van der Waals surface area contributed by atoms with Crippen LogP contribution in [0.25, 0.3) is 22.5 Å². The lowest BCUT2D eigenvalue weighted by atomic mass is 9.98. The molecular weight excluding hydrogens is 518 g/mol. The zero-order chi connectivity index (χ0) is 29.0. The Balaban J connectivity index is 1.37. The monoisotopic (exact) mass is 551 g/mol. The van der Waals surface area contributed by atoms with Gasteiger partial charge < -0.3 is 15.5 Å². The van der Waals surface area contributed by atoms with Gasteiger partial charge in [-0.3, -0.25) is 14.4 Å².